The van der Waals surface area contributed by atoms with Crippen molar-refractivity contribution in [3.63, 3.8) is 0 Å². The number of carbonyl (C=O) groups is 1. The second-order valence-electron chi connectivity index (χ2n) is 6.21. The van der Waals surface area contributed by atoms with Crippen molar-refractivity contribution in [1.29, 1.82) is 0 Å². The number of hydrogen-bond donors (Lipinski definition) is 1. The van der Waals surface area contributed by atoms with E-state index in [0.29, 0.717) is 30.4 Å². The van der Waals surface area contributed by atoms with Crippen LogP contribution in [0.25, 0.3) is 0 Å². The average molecular weight is 318 g/mol. The van der Waals surface area contributed by atoms with Gasteiger partial charge in [-0.05, 0) is 37.8 Å². The molecule has 0 spiro atoms. The summed E-state index contributed by atoms with van der Waals surface area (Å²) in [5.74, 6) is 1.31. The van der Waals surface area contributed by atoms with E-state index in [1.54, 1.807) is 0 Å². The number of para-hydroxylation sites is 1. The Balaban J connectivity index is 1.49. The number of benzene rings is 1. The van der Waals surface area contributed by atoms with E-state index in [1.807, 2.05) is 23.1 Å². The van der Waals surface area contributed by atoms with Gasteiger partial charge in [-0.1, -0.05) is 6.07 Å². The zero-order valence-electron chi connectivity index (χ0n) is 13.1. The zero-order chi connectivity index (χ0) is 15.6. The number of ether oxygens (including phenoxy) is 3. The van der Waals surface area contributed by atoms with Crippen molar-refractivity contribution >= 4 is 11.7 Å². The van der Waals surface area contributed by atoms with Crippen molar-refractivity contribution in [3.8, 4) is 11.5 Å². The van der Waals surface area contributed by atoms with E-state index in [0.717, 1.165) is 38.8 Å². The summed E-state index contributed by atoms with van der Waals surface area (Å²) in [5.41, 5.74) is 0.671. The first-order chi connectivity index (χ1) is 11.3. The molecular weight excluding hydrogens is 296 g/mol. The maximum Gasteiger partial charge on any atom is 0.322 e. The van der Waals surface area contributed by atoms with E-state index in [-0.39, 0.29) is 18.2 Å². The number of hydrogen-bond acceptors (Lipinski definition) is 4. The van der Waals surface area contributed by atoms with E-state index in [4.69, 9.17) is 14.2 Å². The molecular formula is C17H22N2O4. The number of likely N-dealkylation sites (tertiary alicyclic amines) is 1. The van der Waals surface area contributed by atoms with E-state index in [1.165, 1.54) is 0 Å². The lowest BCUT2D eigenvalue weighted by Gasteiger charge is -2.29. The van der Waals surface area contributed by atoms with Crippen LogP contribution in [-0.2, 0) is 4.74 Å². The predicted molar refractivity (Wildman–Crippen MR) is 85.2 cm³/mol. The standard InChI is InChI=1S/C17H22N2O4/c20-17(19-8-2-5-13(19)14-7-3-9-21-14)18-12-4-1-6-15-16(12)23-11-10-22-15/h1,4,6,13-14H,2-3,5,7-11H2,(H,18,20)/t13-,14+/m0/s1. The molecule has 0 aromatic heterocycles. The maximum atomic E-state index is 12.7. The lowest BCUT2D eigenvalue weighted by atomic mass is 10.1. The largest absolute Gasteiger partial charge is 0.486 e. The molecule has 6 heteroatoms. The number of rotatable bonds is 2. The quantitative estimate of drug-likeness (QED) is 0.910. The Bertz CT molecular complexity index is 586. The Hall–Kier alpha value is -1.95. The molecule has 2 amide bonds. The molecule has 3 heterocycles. The van der Waals surface area contributed by atoms with Crippen molar-refractivity contribution < 1.29 is 19.0 Å². The smallest absolute Gasteiger partial charge is 0.322 e. The van der Waals surface area contributed by atoms with Crippen molar-refractivity contribution in [1.82, 2.24) is 4.90 Å². The summed E-state index contributed by atoms with van der Waals surface area (Å²) in [4.78, 5) is 14.6. The highest BCUT2D eigenvalue weighted by Gasteiger charge is 2.37. The topological polar surface area (TPSA) is 60.0 Å². The minimum Gasteiger partial charge on any atom is -0.486 e. The lowest BCUT2D eigenvalue weighted by Crippen LogP contribution is -2.44. The second-order valence-corrected chi connectivity index (χ2v) is 6.21. The van der Waals surface area contributed by atoms with Gasteiger partial charge in [-0.15, -0.1) is 0 Å². The first-order valence-electron chi connectivity index (χ1n) is 8.41. The first kappa shape index (κ1) is 14.6. The number of amides is 2. The fraction of sp³-hybridized carbons (Fsp3) is 0.588. The second kappa shape index (κ2) is 6.28. The molecule has 0 radical (unpaired) electrons. The van der Waals surface area contributed by atoms with Crippen LogP contribution in [0.4, 0.5) is 10.5 Å². The number of fused-ring (bicyclic) bond motifs is 1. The van der Waals surface area contributed by atoms with Crippen LogP contribution in [0.1, 0.15) is 25.7 Å². The van der Waals surface area contributed by atoms with Gasteiger partial charge in [0, 0.05) is 13.2 Å². The average Bonchev–Trinajstić information content (AvgIpc) is 3.26. The summed E-state index contributed by atoms with van der Waals surface area (Å²) in [6.45, 7) is 2.64. The normalized spacial score (nSPS) is 26.3. The number of nitrogens with zero attached hydrogens (tertiary/aromatic N) is 1. The summed E-state index contributed by atoms with van der Waals surface area (Å²) < 4.78 is 17.0. The summed E-state index contributed by atoms with van der Waals surface area (Å²) in [5, 5.41) is 2.99. The van der Waals surface area contributed by atoms with Crippen molar-refractivity contribution in [2.45, 2.75) is 37.8 Å². The van der Waals surface area contributed by atoms with E-state index >= 15 is 0 Å². The van der Waals surface area contributed by atoms with Gasteiger partial charge in [0.15, 0.2) is 11.5 Å². The molecule has 124 valence electrons. The fourth-order valence-electron chi connectivity index (χ4n) is 3.70. The van der Waals surface area contributed by atoms with Crippen molar-refractivity contribution in [3.05, 3.63) is 18.2 Å². The van der Waals surface area contributed by atoms with Gasteiger partial charge in [0.2, 0.25) is 0 Å². The van der Waals surface area contributed by atoms with Gasteiger partial charge in [-0.25, -0.2) is 4.79 Å². The highest BCUT2D eigenvalue weighted by Crippen LogP contribution is 2.38. The SMILES string of the molecule is O=C(Nc1cccc2c1OCCO2)N1CCC[C@H]1[C@H]1CCCO1. The summed E-state index contributed by atoms with van der Waals surface area (Å²) >= 11 is 0. The van der Waals surface area contributed by atoms with Gasteiger partial charge >= 0.3 is 6.03 Å². The number of anilines is 1. The summed E-state index contributed by atoms with van der Waals surface area (Å²) in [6.07, 6.45) is 4.38. The van der Waals surface area contributed by atoms with Crippen LogP contribution in [0.15, 0.2) is 18.2 Å². The minimum absolute atomic E-state index is 0.0782. The Morgan fingerprint density at radius 1 is 1.13 bits per heavy atom. The molecule has 1 aromatic carbocycles. The molecule has 4 rings (SSSR count). The van der Waals surface area contributed by atoms with Crippen LogP contribution in [0.2, 0.25) is 0 Å². The number of nitrogens with one attached hydrogen (secondary N) is 1. The first-order valence-corrected chi connectivity index (χ1v) is 8.41. The molecule has 23 heavy (non-hydrogen) atoms. The lowest BCUT2D eigenvalue weighted by molar-refractivity contribution is 0.0542. The highest BCUT2D eigenvalue weighted by molar-refractivity contribution is 5.92. The molecule has 2 fully saturated rings. The van der Waals surface area contributed by atoms with Gasteiger partial charge in [-0.2, -0.15) is 0 Å². The summed E-state index contributed by atoms with van der Waals surface area (Å²) in [6, 6.07) is 5.68. The van der Waals surface area contributed by atoms with Gasteiger partial charge in [-0.3, -0.25) is 0 Å². The van der Waals surface area contributed by atoms with Crippen LogP contribution >= 0.6 is 0 Å². The van der Waals surface area contributed by atoms with Gasteiger partial charge in [0.1, 0.15) is 13.2 Å². The third-order valence-electron chi connectivity index (χ3n) is 4.76. The van der Waals surface area contributed by atoms with Gasteiger partial charge in [0.25, 0.3) is 0 Å². The van der Waals surface area contributed by atoms with E-state index in [2.05, 4.69) is 5.32 Å². The molecule has 0 aliphatic carbocycles. The Morgan fingerprint density at radius 3 is 2.91 bits per heavy atom. The van der Waals surface area contributed by atoms with Crippen LogP contribution in [-0.4, -0.2) is 49.4 Å². The maximum absolute atomic E-state index is 12.7. The van der Waals surface area contributed by atoms with Crippen LogP contribution < -0.4 is 14.8 Å². The monoisotopic (exact) mass is 318 g/mol. The molecule has 2 saturated heterocycles. The zero-order valence-corrected chi connectivity index (χ0v) is 13.1. The molecule has 6 nitrogen and oxygen atoms in total. The van der Waals surface area contributed by atoms with Gasteiger partial charge in [0.05, 0.1) is 17.8 Å². The molecule has 1 aromatic rings. The minimum atomic E-state index is -0.0782. The van der Waals surface area contributed by atoms with Crippen molar-refractivity contribution in [2.24, 2.45) is 0 Å². The molecule has 0 unspecified atom stereocenters. The molecule has 0 bridgehead atoms. The summed E-state index contributed by atoms with van der Waals surface area (Å²) in [7, 11) is 0. The number of carbonyl (C=O) groups excluding carboxylic acids is 1. The third-order valence-corrected chi connectivity index (χ3v) is 4.76. The Morgan fingerprint density at radius 2 is 2.04 bits per heavy atom. The van der Waals surface area contributed by atoms with E-state index < -0.39 is 0 Å². The Labute approximate surface area is 135 Å². The Kier molecular flexibility index (Phi) is 3.99. The molecule has 3 aliphatic heterocycles. The van der Waals surface area contributed by atoms with Crippen LogP contribution in [0, 0.1) is 0 Å². The van der Waals surface area contributed by atoms with E-state index in [9.17, 15) is 4.79 Å². The van der Waals surface area contributed by atoms with Gasteiger partial charge < -0.3 is 24.4 Å². The number of urea groups is 1. The molecule has 0 saturated carbocycles. The predicted octanol–water partition coefficient (Wildman–Crippen LogP) is 2.63. The fourth-order valence-corrected chi connectivity index (χ4v) is 3.70. The van der Waals surface area contributed by atoms with Crippen LogP contribution in [0.3, 0.4) is 0 Å². The molecule has 2 atom stereocenters. The van der Waals surface area contributed by atoms with Crippen molar-refractivity contribution in [2.75, 3.05) is 31.7 Å². The highest BCUT2D eigenvalue weighted by atomic mass is 16.6. The molecule has 1 N–H and O–H groups in total. The molecule has 3 aliphatic rings. The van der Waals surface area contributed by atoms with Crippen LogP contribution in [0.5, 0.6) is 11.5 Å². The third kappa shape index (κ3) is 2.83.